The molecule has 0 unspecified atom stereocenters. The normalized spacial score (nSPS) is 14.1. The third kappa shape index (κ3) is 1.83. The molecule has 88 valence electrons. The SMILES string of the molecule is Cc1nc(N2Cc3ccccc3C2)sc1CO. The molecule has 1 aliphatic heterocycles. The third-order valence-electron chi connectivity index (χ3n) is 3.14. The van der Waals surface area contributed by atoms with Crippen LogP contribution in [0.25, 0.3) is 0 Å². The van der Waals surface area contributed by atoms with Gasteiger partial charge in [0.05, 0.1) is 17.2 Å². The first-order valence-corrected chi connectivity index (χ1v) is 6.48. The van der Waals surface area contributed by atoms with Crippen LogP contribution in [0.15, 0.2) is 24.3 Å². The molecule has 1 aliphatic rings. The number of anilines is 1. The minimum Gasteiger partial charge on any atom is -0.391 e. The van der Waals surface area contributed by atoms with Crippen LogP contribution in [0.3, 0.4) is 0 Å². The summed E-state index contributed by atoms with van der Waals surface area (Å²) in [6.07, 6.45) is 0. The lowest BCUT2D eigenvalue weighted by molar-refractivity contribution is 0.284. The van der Waals surface area contributed by atoms with E-state index in [2.05, 4.69) is 34.1 Å². The van der Waals surface area contributed by atoms with Crippen molar-refractivity contribution >= 4 is 16.5 Å². The van der Waals surface area contributed by atoms with Gasteiger partial charge < -0.3 is 10.0 Å². The fourth-order valence-electron chi connectivity index (χ4n) is 2.16. The highest BCUT2D eigenvalue weighted by Gasteiger charge is 2.21. The number of thiazole rings is 1. The van der Waals surface area contributed by atoms with E-state index < -0.39 is 0 Å². The van der Waals surface area contributed by atoms with Gasteiger partial charge in [0.1, 0.15) is 0 Å². The maximum atomic E-state index is 9.20. The summed E-state index contributed by atoms with van der Waals surface area (Å²) in [5, 5.41) is 10.2. The molecule has 0 spiro atoms. The molecule has 0 aliphatic carbocycles. The second-order valence-electron chi connectivity index (χ2n) is 4.29. The predicted molar refractivity (Wildman–Crippen MR) is 69.1 cm³/mol. The van der Waals surface area contributed by atoms with E-state index in [0.29, 0.717) is 0 Å². The largest absolute Gasteiger partial charge is 0.391 e. The summed E-state index contributed by atoms with van der Waals surface area (Å²) in [5.41, 5.74) is 3.71. The lowest BCUT2D eigenvalue weighted by Crippen LogP contribution is -2.13. The Morgan fingerprint density at radius 1 is 1.29 bits per heavy atom. The Balaban J connectivity index is 1.88. The van der Waals surface area contributed by atoms with Crippen LogP contribution >= 0.6 is 11.3 Å². The summed E-state index contributed by atoms with van der Waals surface area (Å²) in [6, 6.07) is 8.49. The molecule has 3 nitrogen and oxygen atoms in total. The van der Waals surface area contributed by atoms with Gasteiger partial charge in [-0.05, 0) is 18.1 Å². The Morgan fingerprint density at radius 2 is 1.94 bits per heavy atom. The zero-order valence-corrected chi connectivity index (χ0v) is 10.5. The molecular formula is C13H14N2OS. The average Bonchev–Trinajstić information content (AvgIpc) is 2.91. The Labute approximate surface area is 104 Å². The maximum Gasteiger partial charge on any atom is 0.186 e. The van der Waals surface area contributed by atoms with Crippen molar-refractivity contribution in [1.82, 2.24) is 4.98 Å². The van der Waals surface area contributed by atoms with Gasteiger partial charge in [0, 0.05) is 13.1 Å². The minimum atomic E-state index is 0.0876. The van der Waals surface area contributed by atoms with Gasteiger partial charge in [-0.25, -0.2) is 4.98 Å². The number of benzene rings is 1. The number of aromatic nitrogens is 1. The Morgan fingerprint density at radius 3 is 2.47 bits per heavy atom. The van der Waals surface area contributed by atoms with Crippen molar-refractivity contribution in [3.05, 3.63) is 46.0 Å². The highest BCUT2D eigenvalue weighted by Crippen LogP contribution is 2.32. The molecule has 1 aromatic heterocycles. The molecule has 0 fully saturated rings. The summed E-state index contributed by atoms with van der Waals surface area (Å²) >= 11 is 1.59. The molecule has 2 aromatic rings. The first-order valence-electron chi connectivity index (χ1n) is 5.67. The van der Waals surface area contributed by atoms with Crippen molar-refractivity contribution in [2.45, 2.75) is 26.6 Å². The number of hydrogen-bond donors (Lipinski definition) is 1. The summed E-state index contributed by atoms with van der Waals surface area (Å²) in [6.45, 7) is 3.89. The lowest BCUT2D eigenvalue weighted by atomic mass is 10.1. The van der Waals surface area contributed by atoms with Gasteiger partial charge in [-0.15, -0.1) is 0 Å². The molecule has 0 saturated carbocycles. The molecule has 1 aromatic carbocycles. The third-order valence-corrected chi connectivity index (χ3v) is 4.34. The monoisotopic (exact) mass is 246 g/mol. The minimum absolute atomic E-state index is 0.0876. The maximum absolute atomic E-state index is 9.20. The van der Waals surface area contributed by atoms with E-state index in [9.17, 15) is 5.11 Å². The van der Waals surface area contributed by atoms with Crippen molar-refractivity contribution in [1.29, 1.82) is 0 Å². The summed E-state index contributed by atoms with van der Waals surface area (Å²) in [5.74, 6) is 0. The standard InChI is InChI=1S/C13H14N2OS/c1-9-12(8-16)17-13(14-9)15-6-10-4-2-3-5-11(10)7-15/h2-5,16H,6-8H2,1H3. The zero-order valence-electron chi connectivity index (χ0n) is 9.68. The van der Waals surface area contributed by atoms with E-state index in [0.717, 1.165) is 28.8 Å². The zero-order chi connectivity index (χ0) is 11.8. The van der Waals surface area contributed by atoms with Gasteiger partial charge in [0.15, 0.2) is 5.13 Å². The van der Waals surface area contributed by atoms with Crippen molar-refractivity contribution < 1.29 is 5.11 Å². The molecule has 0 atom stereocenters. The van der Waals surface area contributed by atoms with Crippen LogP contribution in [0, 0.1) is 6.92 Å². The molecule has 2 heterocycles. The molecule has 3 rings (SSSR count). The number of hydrogen-bond acceptors (Lipinski definition) is 4. The Kier molecular flexibility index (Phi) is 2.61. The summed E-state index contributed by atoms with van der Waals surface area (Å²) in [4.78, 5) is 7.76. The first kappa shape index (κ1) is 10.7. The van der Waals surface area contributed by atoms with Crippen molar-refractivity contribution in [3.63, 3.8) is 0 Å². The van der Waals surface area contributed by atoms with E-state index in [4.69, 9.17) is 0 Å². The fourth-order valence-corrected chi connectivity index (χ4v) is 3.08. The van der Waals surface area contributed by atoms with Crippen molar-refractivity contribution in [2.24, 2.45) is 0 Å². The lowest BCUT2D eigenvalue weighted by Gasteiger charge is -2.12. The Bertz CT molecular complexity index is 525. The van der Waals surface area contributed by atoms with E-state index in [1.807, 2.05) is 6.92 Å². The van der Waals surface area contributed by atoms with Crippen LogP contribution in [0.4, 0.5) is 5.13 Å². The predicted octanol–water partition coefficient (Wildman–Crippen LogP) is 2.46. The van der Waals surface area contributed by atoms with Crippen LogP contribution in [-0.4, -0.2) is 10.1 Å². The van der Waals surface area contributed by atoms with Crippen LogP contribution in [0.2, 0.25) is 0 Å². The fraction of sp³-hybridized carbons (Fsp3) is 0.308. The van der Waals surface area contributed by atoms with E-state index in [1.165, 1.54) is 11.1 Å². The quantitative estimate of drug-likeness (QED) is 0.884. The smallest absolute Gasteiger partial charge is 0.186 e. The molecule has 1 N–H and O–H groups in total. The van der Waals surface area contributed by atoms with Gasteiger partial charge >= 0.3 is 0 Å². The van der Waals surface area contributed by atoms with Gasteiger partial charge in [0.25, 0.3) is 0 Å². The first-order chi connectivity index (χ1) is 8.28. The second-order valence-corrected chi connectivity index (χ2v) is 5.35. The highest BCUT2D eigenvalue weighted by atomic mass is 32.1. The van der Waals surface area contributed by atoms with Crippen LogP contribution in [0.1, 0.15) is 21.7 Å². The second kappa shape index (κ2) is 4.13. The molecule has 4 heteroatoms. The molecule has 17 heavy (non-hydrogen) atoms. The number of fused-ring (bicyclic) bond motifs is 1. The topological polar surface area (TPSA) is 36.4 Å². The number of nitrogens with zero attached hydrogens (tertiary/aromatic N) is 2. The van der Waals surface area contributed by atoms with E-state index >= 15 is 0 Å². The summed E-state index contributed by atoms with van der Waals surface area (Å²) in [7, 11) is 0. The van der Waals surface area contributed by atoms with Crippen LogP contribution < -0.4 is 4.90 Å². The van der Waals surface area contributed by atoms with Crippen LogP contribution in [0.5, 0.6) is 0 Å². The number of aliphatic hydroxyl groups excluding tert-OH is 1. The molecule has 0 amide bonds. The molecule has 0 bridgehead atoms. The number of aryl methyl sites for hydroxylation is 1. The van der Waals surface area contributed by atoms with E-state index in [-0.39, 0.29) is 6.61 Å². The molecule has 0 saturated heterocycles. The van der Waals surface area contributed by atoms with Crippen LogP contribution in [-0.2, 0) is 19.7 Å². The highest BCUT2D eigenvalue weighted by molar-refractivity contribution is 7.15. The van der Waals surface area contributed by atoms with Crippen molar-refractivity contribution in [2.75, 3.05) is 4.90 Å². The molecule has 0 radical (unpaired) electrons. The average molecular weight is 246 g/mol. The van der Waals surface area contributed by atoms with Gasteiger partial charge in [0.2, 0.25) is 0 Å². The van der Waals surface area contributed by atoms with E-state index in [1.54, 1.807) is 11.3 Å². The number of rotatable bonds is 2. The number of aliphatic hydroxyl groups is 1. The summed E-state index contributed by atoms with van der Waals surface area (Å²) < 4.78 is 0. The van der Waals surface area contributed by atoms with Crippen molar-refractivity contribution in [3.8, 4) is 0 Å². The van der Waals surface area contributed by atoms with Gasteiger partial charge in [-0.2, -0.15) is 0 Å². The van der Waals surface area contributed by atoms with Gasteiger partial charge in [-0.3, -0.25) is 0 Å². The molecular weight excluding hydrogens is 232 g/mol. The Hall–Kier alpha value is -1.39. The van der Waals surface area contributed by atoms with Gasteiger partial charge in [-0.1, -0.05) is 35.6 Å².